The number of carbonyl (C=O) groups excluding carboxylic acids is 1. The van der Waals surface area contributed by atoms with E-state index in [1.807, 2.05) is 19.1 Å². The van der Waals surface area contributed by atoms with Crippen molar-refractivity contribution in [2.75, 3.05) is 0 Å². The Bertz CT molecular complexity index is 688. The molecule has 0 aliphatic rings. The van der Waals surface area contributed by atoms with Crippen LogP contribution in [0.2, 0.25) is 0 Å². The fourth-order valence-corrected chi connectivity index (χ4v) is 2.02. The minimum atomic E-state index is -0.353. The summed E-state index contributed by atoms with van der Waals surface area (Å²) in [7, 11) is 0. The maximum atomic E-state index is 11.9. The normalized spacial score (nSPS) is 11.5. The highest BCUT2D eigenvalue weighted by Gasteiger charge is 2.06. The average molecular weight is 296 g/mol. The van der Waals surface area contributed by atoms with Gasteiger partial charge in [-0.25, -0.2) is 5.43 Å². The summed E-state index contributed by atoms with van der Waals surface area (Å²) in [6, 6.07) is 14.3. The van der Waals surface area contributed by atoms with Gasteiger partial charge in [0.1, 0.15) is 5.75 Å². The van der Waals surface area contributed by atoms with E-state index >= 15 is 0 Å². The fourth-order valence-electron chi connectivity index (χ4n) is 2.02. The van der Waals surface area contributed by atoms with Crippen molar-refractivity contribution in [2.24, 2.45) is 5.10 Å². The molecule has 0 unspecified atom stereocenters. The van der Waals surface area contributed by atoms with Crippen molar-refractivity contribution in [1.29, 1.82) is 0 Å². The van der Waals surface area contributed by atoms with Crippen LogP contribution in [0.1, 0.15) is 48.2 Å². The molecule has 0 atom stereocenters. The molecule has 2 aromatic carbocycles. The van der Waals surface area contributed by atoms with E-state index in [1.54, 1.807) is 12.1 Å². The lowest BCUT2D eigenvalue weighted by atomic mass is 10.0. The standard InChI is InChI=1S/C18H20N2O2/c1-12(2)14-7-9-15(10-8-14)13(3)19-20-18(22)16-5-4-6-17(21)11-16/h4-12,21H,1-3H3,(H,20,22)/b19-13-. The maximum absolute atomic E-state index is 11.9. The van der Waals surface area contributed by atoms with Crippen LogP contribution in [-0.4, -0.2) is 16.7 Å². The topological polar surface area (TPSA) is 61.7 Å². The van der Waals surface area contributed by atoms with E-state index in [4.69, 9.17) is 0 Å². The number of rotatable bonds is 4. The zero-order valence-corrected chi connectivity index (χ0v) is 13.0. The van der Waals surface area contributed by atoms with E-state index < -0.39 is 0 Å². The zero-order chi connectivity index (χ0) is 16.1. The van der Waals surface area contributed by atoms with E-state index in [1.165, 1.54) is 17.7 Å². The summed E-state index contributed by atoms with van der Waals surface area (Å²) in [4.78, 5) is 11.9. The minimum absolute atomic E-state index is 0.0534. The highest BCUT2D eigenvalue weighted by molar-refractivity contribution is 6.00. The monoisotopic (exact) mass is 296 g/mol. The number of nitrogens with zero attached hydrogens (tertiary/aromatic N) is 1. The number of amides is 1. The third-order valence-electron chi connectivity index (χ3n) is 3.43. The van der Waals surface area contributed by atoms with Gasteiger partial charge in [-0.05, 0) is 42.2 Å². The molecular weight excluding hydrogens is 276 g/mol. The van der Waals surface area contributed by atoms with E-state index in [2.05, 4.69) is 36.5 Å². The zero-order valence-electron chi connectivity index (χ0n) is 13.0. The molecule has 1 amide bonds. The van der Waals surface area contributed by atoms with Gasteiger partial charge in [-0.1, -0.05) is 44.2 Å². The van der Waals surface area contributed by atoms with Crippen molar-refractivity contribution in [3.8, 4) is 5.75 Å². The first-order chi connectivity index (χ1) is 10.5. The van der Waals surface area contributed by atoms with Crippen LogP contribution >= 0.6 is 0 Å². The summed E-state index contributed by atoms with van der Waals surface area (Å²) in [6.45, 7) is 6.13. The molecule has 0 saturated carbocycles. The molecule has 2 rings (SSSR count). The second-order valence-electron chi connectivity index (χ2n) is 5.47. The Labute approximate surface area is 130 Å². The van der Waals surface area contributed by atoms with Gasteiger partial charge in [-0.3, -0.25) is 4.79 Å². The first kappa shape index (κ1) is 15.8. The molecule has 0 fully saturated rings. The van der Waals surface area contributed by atoms with Crippen LogP contribution in [0, 0.1) is 0 Å². The average Bonchev–Trinajstić information content (AvgIpc) is 2.52. The number of hydrogen-bond donors (Lipinski definition) is 2. The number of carbonyl (C=O) groups is 1. The Balaban J connectivity index is 2.07. The third-order valence-corrected chi connectivity index (χ3v) is 3.43. The smallest absolute Gasteiger partial charge is 0.271 e. The lowest BCUT2D eigenvalue weighted by Crippen LogP contribution is -2.19. The first-order valence-electron chi connectivity index (χ1n) is 7.21. The number of benzene rings is 2. The molecule has 2 N–H and O–H groups in total. The molecule has 4 nitrogen and oxygen atoms in total. The molecule has 0 aromatic heterocycles. The number of phenols is 1. The van der Waals surface area contributed by atoms with Crippen molar-refractivity contribution in [3.63, 3.8) is 0 Å². The van der Waals surface area contributed by atoms with Crippen molar-refractivity contribution in [1.82, 2.24) is 5.43 Å². The third kappa shape index (κ3) is 3.95. The number of nitrogens with one attached hydrogen (secondary N) is 1. The Hall–Kier alpha value is -2.62. The van der Waals surface area contributed by atoms with Crippen molar-refractivity contribution in [2.45, 2.75) is 26.7 Å². The Morgan fingerprint density at radius 3 is 2.36 bits per heavy atom. The summed E-state index contributed by atoms with van der Waals surface area (Å²) in [5.74, 6) is 0.184. The lowest BCUT2D eigenvalue weighted by Gasteiger charge is -2.07. The SMILES string of the molecule is C/C(=N/NC(=O)c1cccc(O)c1)c1ccc(C(C)C)cc1. The summed E-state index contributed by atoms with van der Waals surface area (Å²) in [5, 5.41) is 13.5. The van der Waals surface area contributed by atoms with Crippen LogP contribution in [0.5, 0.6) is 5.75 Å². The van der Waals surface area contributed by atoms with Gasteiger partial charge in [0.25, 0.3) is 5.91 Å². The van der Waals surface area contributed by atoms with Crippen LogP contribution in [0.15, 0.2) is 53.6 Å². The van der Waals surface area contributed by atoms with Crippen molar-refractivity contribution in [3.05, 3.63) is 65.2 Å². The van der Waals surface area contributed by atoms with Crippen LogP contribution in [0.3, 0.4) is 0 Å². The highest BCUT2D eigenvalue weighted by Crippen LogP contribution is 2.15. The fraction of sp³-hybridized carbons (Fsp3) is 0.222. The van der Waals surface area contributed by atoms with Gasteiger partial charge in [-0.2, -0.15) is 5.10 Å². The summed E-state index contributed by atoms with van der Waals surface area (Å²) in [6.07, 6.45) is 0. The van der Waals surface area contributed by atoms with Crippen LogP contribution in [0.4, 0.5) is 0 Å². The quantitative estimate of drug-likeness (QED) is 0.668. The van der Waals surface area contributed by atoms with E-state index in [9.17, 15) is 9.90 Å². The molecule has 22 heavy (non-hydrogen) atoms. The molecule has 0 heterocycles. The second kappa shape index (κ2) is 6.89. The van der Waals surface area contributed by atoms with Gasteiger partial charge in [0.2, 0.25) is 0 Å². The first-order valence-corrected chi connectivity index (χ1v) is 7.21. The number of aromatic hydroxyl groups is 1. The predicted molar refractivity (Wildman–Crippen MR) is 88.3 cm³/mol. The minimum Gasteiger partial charge on any atom is -0.508 e. The molecular formula is C18H20N2O2. The van der Waals surface area contributed by atoms with Gasteiger partial charge in [0, 0.05) is 5.56 Å². The molecule has 114 valence electrons. The summed E-state index contributed by atoms with van der Waals surface area (Å²) < 4.78 is 0. The van der Waals surface area contributed by atoms with Crippen molar-refractivity contribution < 1.29 is 9.90 Å². The Morgan fingerprint density at radius 1 is 1.09 bits per heavy atom. The predicted octanol–water partition coefficient (Wildman–Crippen LogP) is 3.67. The van der Waals surface area contributed by atoms with Gasteiger partial charge < -0.3 is 5.11 Å². The summed E-state index contributed by atoms with van der Waals surface area (Å²) in [5.41, 5.74) is 5.82. The van der Waals surface area contributed by atoms with E-state index in [0.29, 0.717) is 11.5 Å². The molecule has 0 aliphatic heterocycles. The molecule has 4 heteroatoms. The van der Waals surface area contributed by atoms with Crippen LogP contribution < -0.4 is 5.43 Å². The molecule has 0 radical (unpaired) electrons. The van der Waals surface area contributed by atoms with Crippen LogP contribution in [-0.2, 0) is 0 Å². The lowest BCUT2D eigenvalue weighted by molar-refractivity contribution is 0.0954. The van der Waals surface area contributed by atoms with E-state index in [-0.39, 0.29) is 11.7 Å². The molecule has 0 aliphatic carbocycles. The van der Waals surface area contributed by atoms with Gasteiger partial charge in [-0.15, -0.1) is 0 Å². The van der Waals surface area contributed by atoms with Crippen molar-refractivity contribution >= 4 is 11.6 Å². The largest absolute Gasteiger partial charge is 0.508 e. The Morgan fingerprint density at radius 2 is 1.77 bits per heavy atom. The molecule has 2 aromatic rings. The molecule has 0 saturated heterocycles. The number of hydrogen-bond acceptors (Lipinski definition) is 3. The van der Waals surface area contributed by atoms with Gasteiger partial charge in [0.05, 0.1) is 5.71 Å². The van der Waals surface area contributed by atoms with Gasteiger partial charge >= 0.3 is 0 Å². The maximum Gasteiger partial charge on any atom is 0.271 e. The van der Waals surface area contributed by atoms with Gasteiger partial charge in [0.15, 0.2) is 0 Å². The molecule has 0 bridgehead atoms. The highest BCUT2D eigenvalue weighted by atomic mass is 16.3. The van der Waals surface area contributed by atoms with E-state index in [0.717, 1.165) is 11.3 Å². The Kier molecular flexibility index (Phi) is 4.94. The summed E-state index contributed by atoms with van der Waals surface area (Å²) >= 11 is 0. The number of phenolic OH excluding ortho intramolecular Hbond substituents is 1. The van der Waals surface area contributed by atoms with Crippen LogP contribution in [0.25, 0.3) is 0 Å². The number of hydrazone groups is 1. The second-order valence-corrected chi connectivity index (χ2v) is 5.47. The molecule has 0 spiro atoms.